The van der Waals surface area contributed by atoms with Crippen LogP contribution in [0.5, 0.6) is 5.75 Å². The van der Waals surface area contributed by atoms with Crippen LogP contribution in [0.2, 0.25) is 15.1 Å². The first kappa shape index (κ1) is 32.5. The molecule has 0 fully saturated rings. The highest BCUT2D eigenvalue weighted by Crippen LogP contribution is 2.35. The van der Waals surface area contributed by atoms with Gasteiger partial charge in [-0.2, -0.15) is 0 Å². The Morgan fingerprint density at radius 2 is 1.68 bits per heavy atom. The maximum Gasteiger partial charge on any atom is 0.264 e. The molecule has 0 saturated heterocycles. The number of amides is 2. The maximum absolute atomic E-state index is 14.0. The zero-order valence-electron chi connectivity index (χ0n) is 22.9. The van der Waals surface area contributed by atoms with Crippen LogP contribution in [0.4, 0.5) is 5.69 Å². The second-order valence-corrected chi connectivity index (χ2v) is 12.3. The fourth-order valence-corrected chi connectivity index (χ4v) is 5.97. The Morgan fingerprint density at radius 3 is 2.32 bits per heavy atom. The Hall–Kier alpha value is -2.98. The highest BCUT2D eigenvalue weighted by molar-refractivity contribution is 7.92. The van der Waals surface area contributed by atoms with E-state index in [1.54, 1.807) is 49.4 Å². The number of hydrogen-bond donors (Lipinski definition) is 1. The number of nitrogens with one attached hydrogen (secondary N) is 1. The van der Waals surface area contributed by atoms with Gasteiger partial charge in [0.1, 0.15) is 18.3 Å². The molecule has 8 nitrogen and oxygen atoms in total. The van der Waals surface area contributed by atoms with E-state index in [1.165, 1.54) is 36.3 Å². The van der Waals surface area contributed by atoms with Crippen LogP contribution >= 0.6 is 34.8 Å². The van der Waals surface area contributed by atoms with Gasteiger partial charge in [0.15, 0.2) is 0 Å². The van der Waals surface area contributed by atoms with Crippen molar-refractivity contribution in [2.45, 2.75) is 44.2 Å². The minimum Gasteiger partial charge on any atom is -0.495 e. The van der Waals surface area contributed by atoms with Crippen LogP contribution in [-0.2, 0) is 26.2 Å². The number of sulfonamides is 1. The van der Waals surface area contributed by atoms with Gasteiger partial charge in [-0.05, 0) is 61.4 Å². The maximum atomic E-state index is 14.0. The molecule has 0 saturated carbocycles. The number of ether oxygens (including phenoxy) is 1. The molecule has 0 aliphatic heterocycles. The molecule has 12 heteroatoms. The van der Waals surface area contributed by atoms with E-state index < -0.39 is 28.5 Å². The van der Waals surface area contributed by atoms with Crippen molar-refractivity contribution in [2.75, 3.05) is 24.5 Å². The molecule has 1 N–H and O–H groups in total. The number of carbonyl (C=O) groups is 2. The fourth-order valence-electron chi connectivity index (χ4n) is 4.04. The summed E-state index contributed by atoms with van der Waals surface area (Å²) in [7, 11) is -2.88. The molecule has 220 valence electrons. The number of nitrogens with zero attached hydrogens (tertiary/aromatic N) is 2. The van der Waals surface area contributed by atoms with Crippen molar-refractivity contribution >= 4 is 62.3 Å². The van der Waals surface area contributed by atoms with Gasteiger partial charge in [-0.25, -0.2) is 8.42 Å². The van der Waals surface area contributed by atoms with Gasteiger partial charge in [0.25, 0.3) is 10.0 Å². The summed E-state index contributed by atoms with van der Waals surface area (Å²) in [6.45, 7) is 3.38. The first-order valence-electron chi connectivity index (χ1n) is 12.9. The van der Waals surface area contributed by atoms with Gasteiger partial charge in [-0.3, -0.25) is 13.9 Å². The smallest absolute Gasteiger partial charge is 0.264 e. The number of halogens is 3. The van der Waals surface area contributed by atoms with Gasteiger partial charge in [0.05, 0.1) is 27.7 Å². The number of methoxy groups -OCH3 is 1. The van der Waals surface area contributed by atoms with E-state index in [0.29, 0.717) is 17.1 Å². The van der Waals surface area contributed by atoms with Crippen molar-refractivity contribution in [2.24, 2.45) is 0 Å². The predicted molar refractivity (Wildman–Crippen MR) is 163 cm³/mol. The lowest BCUT2D eigenvalue weighted by Gasteiger charge is -2.32. The van der Waals surface area contributed by atoms with Gasteiger partial charge >= 0.3 is 0 Å². The number of carbonyl (C=O) groups excluding carboxylic acids is 2. The average molecular weight is 641 g/mol. The average Bonchev–Trinajstić information content (AvgIpc) is 2.96. The van der Waals surface area contributed by atoms with Gasteiger partial charge in [0.2, 0.25) is 11.8 Å². The van der Waals surface area contributed by atoms with Crippen LogP contribution in [-0.4, -0.2) is 51.4 Å². The molecule has 2 amide bonds. The molecule has 0 aliphatic rings. The third-order valence-corrected chi connectivity index (χ3v) is 9.10. The van der Waals surface area contributed by atoms with Crippen molar-refractivity contribution in [1.29, 1.82) is 0 Å². The number of rotatable bonds is 13. The summed E-state index contributed by atoms with van der Waals surface area (Å²) in [5.41, 5.74) is 0.686. The van der Waals surface area contributed by atoms with E-state index in [4.69, 9.17) is 39.5 Å². The molecule has 0 spiro atoms. The third kappa shape index (κ3) is 8.29. The van der Waals surface area contributed by atoms with E-state index >= 15 is 0 Å². The summed E-state index contributed by atoms with van der Waals surface area (Å²) >= 11 is 18.5. The first-order chi connectivity index (χ1) is 19.5. The Kier molecular flexibility index (Phi) is 11.7. The molecule has 1 atom stereocenters. The van der Waals surface area contributed by atoms with Crippen LogP contribution in [0.25, 0.3) is 0 Å². The van der Waals surface area contributed by atoms with E-state index in [-0.39, 0.29) is 38.8 Å². The molecule has 0 unspecified atom stereocenters. The van der Waals surface area contributed by atoms with E-state index in [9.17, 15) is 18.0 Å². The summed E-state index contributed by atoms with van der Waals surface area (Å²) in [4.78, 5) is 28.4. The molecule has 41 heavy (non-hydrogen) atoms. The summed E-state index contributed by atoms with van der Waals surface area (Å²) < 4.78 is 34.2. The minimum absolute atomic E-state index is 0.0238. The summed E-state index contributed by atoms with van der Waals surface area (Å²) in [6, 6.07) is 16.2. The monoisotopic (exact) mass is 639 g/mol. The van der Waals surface area contributed by atoms with E-state index in [1.807, 2.05) is 6.92 Å². The van der Waals surface area contributed by atoms with Crippen molar-refractivity contribution < 1.29 is 22.7 Å². The summed E-state index contributed by atoms with van der Waals surface area (Å²) in [5, 5.41) is 3.72. The molecular formula is C29H32Cl3N3O5S. The van der Waals surface area contributed by atoms with Crippen LogP contribution in [0.1, 0.15) is 32.3 Å². The molecule has 3 aromatic rings. The van der Waals surface area contributed by atoms with Gasteiger partial charge in [-0.15, -0.1) is 0 Å². The zero-order chi connectivity index (χ0) is 30.2. The fraction of sp³-hybridized carbons (Fsp3) is 0.310. The quantitative estimate of drug-likeness (QED) is 0.225. The summed E-state index contributed by atoms with van der Waals surface area (Å²) in [5.74, 6) is -0.802. The summed E-state index contributed by atoms with van der Waals surface area (Å²) in [6.07, 6.45) is 1.66. The van der Waals surface area contributed by atoms with Gasteiger partial charge < -0.3 is 15.0 Å². The lowest BCUT2D eigenvalue weighted by atomic mass is 10.1. The normalized spacial score (nSPS) is 12.0. The molecule has 0 aliphatic carbocycles. The molecule has 3 rings (SSSR count). The number of unbranched alkanes of at least 4 members (excludes halogenated alkanes) is 1. The topological polar surface area (TPSA) is 96.0 Å². The molecule has 0 radical (unpaired) electrons. The Morgan fingerprint density at radius 1 is 0.976 bits per heavy atom. The van der Waals surface area contributed by atoms with Crippen LogP contribution in [0, 0.1) is 0 Å². The highest BCUT2D eigenvalue weighted by Gasteiger charge is 2.34. The standard InChI is InChI=1S/C29H32Cl3N3O5S/c1-4-5-15-33-29(37)20(2)34(18-21-11-13-24(31)25(32)16-21)28(36)19-35(26-17-22(30)12-14-27(26)40-3)41(38,39)23-9-7-6-8-10-23/h6-14,16-17,20H,4-5,15,18-19H2,1-3H3,(H,33,37)/t20-/m0/s1. The lowest BCUT2D eigenvalue weighted by Crippen LogP contribution is -2.51. The van der Waals surface area contributed by atoms with Crippen LogP contribution in [0.15, 0.2) is 71.6 Å². The molecule has 0 aromatic heterocycles. The second kappa shape index (κ2) is 14.8. The van der Waals surface area contributed by atoms with Gasteiger partial charge in [-0.1, -0.05) is 72.4 Å². The molecule has 0 bridgehead atoms. The Balaban J connectivity index is 2.07. The third-order valence-electron chi connectivity index (χ3n) is 6.35. The van der Waals surface area contributed by atoms with Crippen molar-refractivity contribution in [3.63, 3.8) is 0 Å². The van der Waals surface area contributed by atoms with Crippen molar-refractivity contribution in [3.8, 4) is 5.75 Å². The molecule has 3 aromatic carbocycles. The van der Waals surface area contributed by atoms with Crippen molar-refractivity contribution in [3.05, 3.63) is 87.4 Å². The Labute approximate surface area is 256 Å². The number of anilines is 1. The second-order valence-electron chi connectivity index (χ2n) is 9.23. The van der Waals surface area contributed by atoms with Crippen LogP contribution in [0.3, 0.4) is 0 Å². The minimum atomic E-state index is -4.27. The lowest BCUT2D eigenvalue weighted by molar-refractivity contribution is -0.139. The molecular weight excluding hydrogens is 609 g/mol. The predicted octanol–water partition coefficient (Wildman–Crippen LogP) is 6.18. The number of hydrogen-bond acceptors (Lipinski definition) is 5. The van der Waals surface area contributed by atoms with Crippen molar-refractivity contribution in [1.82, 2.24) is 10.2 Å². The molecule has 0 heterocycles. The van der Waals surface area contributed by atoms with E-state index in [2.05, 4.69) is 5.32 Å². The zero-order valence-corrected chi connectivity index (χ0v) is 26.0. The van der Waals surface area contributed by atoms with Crippen LogP contribution < -0.4 is 14.4 Å². The SMILES string of the molecule is CCCCNC(=O)[C@H](C)N(Cc1ccc(Cl)c(Cl)c1)C(=O)CN(c1cc(Cl)ccc1OC)S(=O)(=O)c1ccccc1. The van der Waals surface area contributed by atoms with E-state index in [0.717, 1.165) is 17.1 Å². The van der Waals surface area contributed by atoms with Gasteiger partial charge in [0, 0.05) is 18.1 Å². The largest absolute Gasteiger partial charge is 0.495 e. The first-order valence-corrected chi connectivity index (χ1v) is 15.5. The number of benzene rings is 3. The highest BCUT2D eigenvalue weighted by atomic mass is 35.5. The Bertz CT molecular complexity index is 1470.